The average molecular weight is 356 g/mol. The number of fused-ring (bicyclic) bond motifs is 1. The fourth-order valence-corrected chi connectivity index (χ4v) is 4.15. The first-order valence-electron chi connectivity index (χ1n) is 8.21. The Bertz CT molecular complexity index is 595. The van der Waals surface area contributed by atoms with E-state index in [1.54, 1.807) is 18.2 Å². The molecule has 0 aromatic heterocycles. The van der Waals surface area contributed by atoms with Gasteiger partial charge >= 0.3 is 0 Å². The maximum Gasteiger partial charge on any atom is 0.241 e. The molecule has 1 saturated carbocycles. The van der Waals surface area contributed by atoms with Gasteiger partial charge in [-0.3, -0.25) is 9.69 Å². The van der Waals surface area contributed by atoms with Crippen molar-refractivity contribution < 1.29 is 4.79 Å². The number of anilines is 1. The highest BCUT2D eigenvalue weighted by atomic mass is 35.5. The van der Waals surface area contributed by atoms with Crippen LogP contribution in [0.15, 0.2) is 18.2 Å². The van der Waals surface area contributed by atoms with Crippen molar-refractivity contribution in [3.63, 3.8) is 0 Å². The highest BCUT2D eigenvalue weighted by Gasteiger charge is 2.41. The van der Waals surface area contributed by atoms with Gasteiger partial charge in [0, 0.05) is 24.8 Å². The number of rotatable bonds is 3. The maximum atomic E-state index is 12.5. The Kier molecular flexibility index (Phi) is 5.16. The third kappa shape index (κ3) is 3.66. The van der Waals surface area contributed by atoms with E-state index in [2.05, 4.69) is 10.2 Å². The minimum Gasteiger partial charge on any atom is -0.327 e. The summed E-state index contributed by atoms with van der Waals surface area (Å²) in [7, 11) is 0. The topological polar surface area (TPSA) is 58.4 Å². The Labute approximate surface area is 147 Å². The normalized spacial score (nSPS) is 29.1. The number of hydrogen-bond acceptors (Lipinski definition) is 3. The molecule has 1 aliphatic carbocycles. The summed E-state index contributed by atoms with van der Waals surface area (Å²) in [6.07, 6.45) is 3.55. The van der Waals surface area contributed by atoms with E-state index in [1.165, 1.54) is 12.8 Å². The van der Waals surface area contributed by atoms with Crippen molar-refractivity contribution in [2.24, 2.45) is 17.6 Å². The van der Waals surface area contributed by atoms with E-state index in [4.69, 9.17) is 28.9 Å². The maximum absolute atomic E-state index is 12.5. The molecule has 1 saturated heterocycles. The van der Waals surface area contributed by atoms with Gasteiger partial charge in [0.15, 0.2) is 0 Å². The summed E-state index contributed by atoms with van der Waals surface area (Å²) in [5.41, 5.74) is 6.93. The minimum atomic E-state index is -0.178. The average Bonchev–Trinajstić information content (AvgIpc) is 2.95. The number of nitrogens with two attached hydrogens (primary N) is 1. The van der Waals surface area contributed by atoms with Gasteiger partial charge in [-0.1, -0.05) is 29.6 Å². The van der Waals surface area contributed by atoms with Gasteiger partial charge in [0.1, 0.15) is 0 Å². The number of amides is 1. The lowest BCUT2D eigenvalue weighted by atomic mass is 9.78. The van der Waals surface area contributed by atoms with Crippen LogP contribution >= 0.6 is 23.2 Å². The molecule has 3 rings (SSSR count). The number of halogens is 2. The van der Waals surface area contributed by atoms with E-state index < -0.39 is 0 Å². The molecule has 4 unspecified atom stereocenters. The SMILES string of the molecule is CC(C(=O)Nc1ccc(Cl)c(Cl)c1)N1CC2CCCC(N)C2C1. The third-order valence-corrected chi connectivity index (χ3v) is 6.04. The standard InChI is InChI=1S/C17H23Cl2N3O/c1-10(17(23)21-12-5-6-14(18)15(19)7-12)22-8-11-3-2-4-16(20)13(11)9-22/h5-7,10-11,13,16H,2-4,8-9,20H2,1H3,(H,21,23). The second kappa shape index (κ2) is 6.98. The first-order chi connectivity index (χ1) is 11.0. The smallest absolute Gasteiger partial charge is 0.241 e. The zero-order valence-corrected chi connectivity index (χ0v) is 14.8. The molecular weight excluding hydrogens is 333 g/mol. The summed E-state index contributed by atoms with van der Waals surface area (Å²) in [5.74, 6) is 1.15. The van der Waals surface area contributed by atoms with Crippen LogP contribution in [0.2, 0.25) is 10.0 Å². The lowest BCUT2D eigenvalue weighted by molar-refractivity contribution is -0.120. The van der Waals surface area contributed by atoms with Crippen molar-refractivity contribution in [1.82, 2.24) is 4.90 Å². The largest absolute Gasteiger partial charge is 0.327 e. The van der Waals surface area contributed by atoms with Gasteiger partial charge in [0.2, 0.25) is 5.91 Å². The zero-order valence-electron chi connectivity index (χ0n) is 13.3. The summed E-state index contributed by atoms with van der Waals surface area (Å²) in [4.78, 5) is 14.8. The summed E-state index contributed by atoms with van der Waals surface area (Å²) < 4.78 is 0. The first-order valence-corrected chi connectivity index (χ1v) is 8.97. The highest BCUT2D eigenvalue weighted by Crippen LogP contribution is 2.36. The van der Waals surface area contributed by atoms with Crippen molar-refractivity contribution in [2.75, 3.05) is 18.4 Å². The number of nitrogens with one attached hydrogen (secondary N) is 1. The molecule has 6 heteroatoms. The molecule has 126 valence electrons. The fraction of sp³-hybridized carbons (Fsp3) is 0.588. The quantitative estimate of drug-likeness (QED) is 0.873. The van der Waals surface area contributed by atoms with Crippen molar-refractivity contribution in [3.8, 4) is 0 Å². The molecule has 1 aliphatic heterocycles. The summed E-state index contributed by atoms with van der Waals surface area (Å²) in [6.45, 7) is 3.84. The zero-order chi connectivity index (χ0) is 16.6. The molecule has 0 radical (unpaired) electrons. The van der Waals surface area contributed by atoms with Crippen molar-refractivity contribution in [1.29, 1.82) is 0 Å². The Morgan fingerprint density at radius 3 is 2.78 bits per heavy atom. The molecule has 2 aliphatic rings. The molecule has 1 amide bonds. The molecule has 1 aromatic rings. The number of carbonyl (C=O) groups is 1. The molecule has 2 fully saturated rings. The third-order valence-electron chi connectivity index (χ3n) is 5.30. The van der Waals surface area contributed by atoms with Crippen molar-refractivity contribution >= 4 is 34.8 Å². The van der Waals surface area contributed by atoms with Crippen LogP contribution in [-0.2, 0) is 4.79 Å². The molecule has 1 aromatic carbocycles. The van der Waals surface area contributed by atoms with Crippen LogP contribution < -0.4 is 11.1 Å². The van der Waals surface area contributed by atoms with Crippen LogP contribution in [-0.4, -0.2) is 36.0 Å². The number of likely N-dealkylation sites (tertiary alicyclic amines) is 1. The van der Waals surface area contributed by atoms with Gasteiger partial charge in [-0.2, -0.15) is 0 Å². The molecular formula is C17H23Cl2N3O. The van der Waals surface area contributed by atoms with Gasteiger partial charge in [-0.15, -0.1) is 0 Å². The minimum absolute atomic E-state index is 0.0180. The lowest BCUT2D eigenvalue weighted by Gasteiger charge is -2.30. The first kappa shape index (κ1) is 17.0. The summed E-state index contributed by atoms with van der Waals surface area (Å²) >= 11 is 11.9. The van der Waals surface area contributed by atoms with Gasteiger partial charge < -0.3 is 11.1 Å². The van der Waals surface area contributed by atoms with Crippen LogP contribution in [0.25, 0.3) is 0 Å². The molecule has 1 heterocycles. The van der Waals surface area contributed by atoms with Crippen LogP contribution in [0, 0.1) is 11.8 Å². The van der Waals surface area contributed by atoms with Gasteiger partial charge in [-0.05, 0) is 49.8 Å². The predicted octanol–water partition coefficient (Wildman–Crippen LogP) is 3.38. The number of nitrogens with zero attached hydrogens (tertiary/aromatic N) is 1. The molecule has 0 bridgehead atoms. The van der Waals surface area contributed by atoms with Crippen molar-refractivity contribution in [2.45, 2.75) is 38.3 Å². The van der Waals surface area contributed by atoms with E-state index in [0.29, 0.717) is 27.6 Å². The summed E-state index contributed by atoms with van der Waals surface area (Å²) in [6, 6.07) is 5.23. The highest BCUT2D eigenvalue weighted by molar-refractivity contribution is 6.42. The lowest BCUT2D eigenvalue weighted by Crippen LogP contribution is -2.42. The van der Waals surface area contributed by atoms with Crippen LogP contribution in [0.1, 0.15) is 26.2 Å². The van der Waals surface area contributed by atoms with Gasteiger partial charge in [0.05, 0.1) is 16.1 Å². The Hall–Kier alpha value is -0.810. The van der Waals surface area contributed by atoms with E-state index >= 15 is 0 Å². The Morgan fingerprint density at radius 1 is 1.30 bits per heavy atom. The van der Waals surface area contributed by atoms with Gasteiger partial charge in [-0.25, -0.2) is 0 Å². The molecule has 4 atom stereocenters. The van der Waals surface area contributed by atoms with Crippen molar-refractivity contribution in [3.05, 3.63) is 28.2 Å². The second-order valence-corrected chi connectivity index (χ2v) is 7.58. The monoisotopic (exact) mass is 355 g/mol. The number of hydrogen-bond donors (Lipinski definition) is 2. The van der Waals surface area contributed by atoms with E-state index in [0.717, 1.165) is 19.5 Å². The predicted molar refractivity (Wildman–Crippen MR) is 94.9 cm³/mol. The van der Waals surface area contributed by atoms with Crippen LogP contribution in [0.3, 0.4) is 0 Å². The van der Waals surface area contributed by atoms with Crippen LogP contribution in [0.5, 0.6) is 0 Å². The number of carbonyl (C=O) groups excluding carboxylic acids is 1. The summed E-state index contributed by atoms with van der Waals surface area (Å²) in [5, 5.41) is 3.85. The van der Waals surface area contributed by atoms with Gasteiger partial charge in [0.25, 0.3) is 0 Å². The number of benzene rings is 1. The second-order valence-electron chi connectivity index (χ2n) is 6.77. The van der Waals surface area contributed by atoms with Crippen LogP contribution in [0.4, 0.5) is 5.69 Å². The van der Waals surface area contributed by atoms with E-state index in [9.17, 15) is 4.79 Å². The Balaban J connectivity index is 1.62. The fourth-order valence-electron chi connectivity index (χ4n) is 3.85. The van der Waals surface area contributed by atoms with E-state index in [1.807, 2.05) is 6.92 Å². The molecule has 0 spiro atoms. The molecule has 4 nitrogen and oxygen atoms in total. The van der Waals surface area contributed by atoms with E-state index in [-0.39, 0.29) is 18.0 Å². The molecule has 23 heavy (non-hydrogen) atoms. The molecule has 3 N–H and O–H groups in total. The Morgan fingerprint density at radius 2 is 2.09 bits per heavy atom.